The minimum absolute atomic E-state index is 0.185. The Kier molecular flexibility index (Phi) is 18.5. The van der Waals surface area contributed by atoms with Crippen LogP contribution in [0.2, 0.25) is 0 Å². The van der Waals surface area contributed by atoms with Gasteiger partial charge in [0.1, 0.15) is 12.1 Å². The predicted molar refractivity (Wildman–Crippen MR) is 282 cm³/mol. The van der Waals surface area contributed by atoms with E-state index in [9.17, 15) is 24.0 Å². The molecule has 2 aromatic carbocycles. The molecule has 2 saturated heterocycles. The summed E-state index contributed by atoms with van der Waals surface area (Å²) in [5, 5.41) is 5.82. The Balaban J connectivity index is 1.31. The average molecular weight is 987 g/mol. The number of carbonyl (C=O) groups is 5. The van der Waals surface area contributed by atoms with Crippen molar-refractivity contribution in [1.29, 1.82) is 0 Å². The van der Waals surface area contributed by atoms with Crippen LogP contribution in [0.3, 0.4) is 0 Å². The number of carbonyl (C=O) groups excluding carboxylic acids is 5. The number of nitrogens with one attached hydrogen (secondary N) is 2. The summed E-state index contributed by atoms with van der Waals surface area (Å²) in [5.41, 5.74) is 10.1. The first kappa shape index (κ1) is 55.2. The van der Waals surface area contributed by atoms with Gasteiger partial charge in [-0.05, 0) is 133 Å². The summed E-state index contributed by atoms with van der Waals surface area (Å²) < 4.78 is 13.5. The molecule has 15 nitrogen and oxygen atoms in total. The minimum Gasteiger partial charge on any atom is -0.467 e. The second-order valence-corrected chi connectivity index (χ2v) is 21.2. The highest BCUT2D eigenvalue weighted by Crippen LogP contribution is 2.42. The van der Waals surface area contributed by atoms with E-state index in [0.717, 1.165) is 62.9 Å². The molecule has 2 N–H and O–H groups in total. The molecule has 0 unspecified atom stereocenters. The first-order chi connectivity index (χ1) is 34.2. The molecule has 0 bridgehead atoms. The molecular formula is C57H78N8O7. The van der Waals surface area contributed by atoms with Gasteiger partial charge in [-0.3, -0.25) is 38.9 Å². The van der Waals surface area contributed by atoms with E-state index in [4.69, 9.17) is 14.5 Å². The number of rotatable bonds is 21. The highest BCUT2D eigenvalue weighted by atomic mass is 16.5. The summed E-state index contributed by atoms with van der Waals surface area (Å²) in [6.07, 6.45) is 4.62. The molecule has 0 saturated carbocycles. The molecule has 2 aliphatic heterocycles. The van der Waals surface area contributed by atoms with E-state index in [-0.39, 0.29) is 49.3 Å². The molecule has 4 aromatic rings. The zero-order chi connectivity index (χ0) is 52.5. The van der Waals surface area contributed by atoms with E-state index in [0.29, 0.717) is 52.0 Å². The van der Waals surface area contributed by atoms with Gasteiger partial charge in [0.15, 0.2) is 0 Å². The Labute approximate surface area is 427 Å². The molecule has 4 atom stereocenters. The normalized spacial score (nSPS) is 16.6. The van der Waals surface area contributed by atoms with Crippen molar-refractivity contribution in [3.8, 4) is 34.2 Å². The van der Waals surface area contributed by atoms with Crippen molar-refractivity contribution in [3.63, 3.8) is 0 Å². The SMILES string of the molecule is CCN(C[C@@H]1CCN([C@H](C(=O)N[C@@H](Cc2cccc(-c3ccc4c(c3)c(CC(C)(C)COC=O)c(-c3cccnc3[C@H](C)OC)n4CC)c2)C(=O)N2CCCCN2)C(C)C)C1=O)C(=O)C#CC(C)(C)N(C)C. The molecule has 0 aliphatic carbocycles. The van der Waals surface area contributed by atoms with Crippen LogP contribution < -0.4 is 10.7 Å². The van der Waals surface area contributed by atoms with Crippen molar-refractivity contribution in [2.75, 3.05) is 60.5 Å². The molecule has 0 radical (unpaired) electrons. The van der Waals surface area contributed by atoms with Gasteiger partial charge in [-0.15, -0.1) is 0 Å². The molecule has 388 valence electrons. The lowest BCUT2D eigenvalue weighted by atomic mass is 9.84. The largest absolute Gasteiger partial charge is 0.467 e. The molecule has 2 aromatic heterocycles. The maximum absolute atomic E-state index is 14.6. The molecule has 15 heteroatoms. The van der Waals surface area contributed by atoms with Gasteiger partial charge < -0.3 is 29.2 Å². The number of benzene rings is 2. The van der Waals surface area contributed by atoms with Crippen molar-refractivity contribution in [3.05, 3.63) is 77.6 Å². The fraction of sp³-hybridized carbons (Fsp3) is 0.544. The summed E-state index contributed by atoms with van der Waals surface area (Å²) in [6.45, 7) is 21.5. The number of hydrogen-bond acceptors (Lipinski definition) is 10. The summed E-state index contributed by atoms with van der Waals surface area (Å²) in [7, 11) is 5.50. The van der Waals surface area contributed by atoms with Crippen molar-refractivity contribution in [2.24, 2.45) is 17.3 Å². The van der Waals surface area contributed by atoms with Crippen LogP contribution in [0.15, 0.2) is 60.8 Å². The first-order valence-corrected chi connectivity index (χ1v) is 25.7. The smallest absolute Gasteiger partial charge is 0.298 e. The van der Waals surface area contributed by atoms with Crippen LogP contribution in [0.25, 0.3) is 33.3 Å². The van der Waals surface area contributed by atoms with Gasteiger partial charge in [0.05, 0.1) is 35.6 Å². The fourth-order valence-corrected chi connectivity index (χ4v) is 9.93. The van der Waals surface area contributed by atoms with Gasteiger partial charge in [-0.25, -0.2) is 5.43 Å². The molecular weight excluding hydrogens is 909 g/mol. The van der Waals surface area contributed by atoms with Crippen LogP contribution in [0, 0.1) is 29.1 Å². The van der Waals surface area contributed by atoms with Gasteiger partial charge in [0.25, 0.3) is 18.3 Å². The Morgan fingerprint density at radius 1 is 1.00 bits per heavy atom. The van der Waals surface area contributed by atoms with Crippen LogP contribution >= 0.6 is 0 Å². The fourth-order valence-electron chi connectivity index (χ4n) is 9.93. The highest BCUT2D eigenvalue weighted by Gasteiger charge is 2.42. The number of aryl methyl sites for hydroxylation is 1. The van der Waals surface area contributed by atoms with Crippen LogP contribution in [-0.2, 0) is 52.8 Å². The summed E-state index contributed by atoms with van der Waals surface area (Å²) in [4.78, 5) is 78.0. The zero-order valence-electron chi connectivity index (χ0n) is 44.8. The topological polar surface area (TPSA) is 159 Å². The van der Waals surface area contributed by atoms with Gasteiger partial charge in [0.2, 0.25) is 11.8 Å². The molecule has 4 heterocycles. The number of ether oxygens (including phenoxy) is 2. The molecule has 6 rings (SSSR count). The molecule has 2 fully saturated rings. The second-order valence-electron chi connectivity index (χ2n) is 21.2. The third-order valence-electron chi connectivity index (χ3n) is 14.5. The van der Waals surface area contributed by atoms with E-state index < -0.39 is 34.9 Å². The maximum Gasteiger partial charge on any atom is 0.298 e. The third-order valence-corrected chi connectivity index (χ3v) is 14.5. The van der Waals surface area contributed by atoms with Gasteiger partial charge in [0, 0.05) is 80.9 Å². The number of likely N-dealkylation sites (tertiary alicyclic amines) is 1. The van der Waals surface area contributed by atoms with E-state index in [1.165, 1.54) is 0 Å². The predicted octanol–water partition coefficient (Wildman–Crippen LogP) is 7.06. The van der Waals surface area contributed by atoms with Gasteiger partial charge >= 0.3 is 0 Å². The highest BCUT2D eigenvalue weighted by molar-refractivity contribution is 5.97. The Hall–Kier alpha value is -6.08. The molecule has 4 amide bonds. The van der Waals surface area contributed by atoms with E-state index in [1.807, 2.05) is 78.7 Å². The van der Waals surface area contributed by atoms with Crippen molar-refractivity contribution >= 4 is 41.0 Å². The van der Waals surface area contributed by atoms with Crippen molar-refractivity contribution in [1.82, 2.24) is 40.0 Å². The zero-order valence-corrected chi connectivity index (χ0v) is 44.8. The maximum atomic E-state index is 14.6. The Morgan fingerprint density at radius 2 is 1.75 bits per heavy atom. The van der Waals surface area contributed by atoms with Crippen LogP contribution in [-0.4, -0.2) is 138 Å². The third kappa shape index (κ3) is 12.7. The summed E-state index contributed by atoms with van der Waals surface area (Å²) >= 11 is 0. The lowest BCUT2D eigenvalue weighted by Crippen LogP contribution is -2.59. The Morgan fingerprint density at radius 3 is 2.40 bits per heavy atom. The van der Waals surface area contributed by atoms with Crippen LogP contribution in [0.1, 0.15) is 105 Å². The lowest BCUT2D eigenvalue weighted by Gasteiger charge is -2.34. The lowest BCUT2D eigenvalue weighted by molar-refractivity contribution is -0.144. The minimum atomic E-state index is -0.930. The molecule has 0 spiro atoms. The number of amides is 4. The number of nitrogens with zero attached hydrogens (tertiary/aromatic N) is 6. The van der Waals surface area contributed by atoms with E-state index >= 15 is 0 Å². The van der Waals surface area contributed by atoms with Crippen molar-refractivity contribution in [2.45, 2.75) is 125 Å². The summed E-state index contributed by atoms with van der Waals surface area (Å²) in [6, 6.07) is 16.9. The Bertz CT molecular complexity index is 2640. The monoisotopic (exact) mass is 987 g/mol. The quantitative estimate of drug-likeness (QED) is 0.0655. The molecule has 72 heavy (non-hydrogen) atoms. The number of methoxy groups -OCH3 is 1. The summed E-state index contributed by atoms with van der Waals surface area (Å²) in [5.74, 6) is 3.96. The number of hydrogen-bond donors (Lipinski definition) is 2. The standard InChI is InChI=1S/C57H78N8O7/c1-13-62(49(67)24-26-57(8,9)61(10)11)35-43-25-30-64(54(43)69)51(38(3)4)53(68)60-47(55(70)65-29-16-15-28-59-65)32-40-19-17-20-41(31-40)42-22-23-48-45(33-42)46(34-56(6,7)36-72-37-66)52(63(48)14-2)44-21-18-27-58-50(44)39(5)71-12/h17-23,27,31,33,37-39,43,47,51,59H,13-16,25,28-30,32,34-36H2,1-12H3,(H,60,68)/t39-,43-,47-,51-/m0/s1. The van der Waals surface area contributed by atoms with Gasteiger partial charge in [-0.2, -0.15) is 0 Å². The number of pyridine rings is 1. The van der Waals surface area contributed by atoms with Crippen molar-refractivity contribution < 1.29 is 33.4 Å². The first-order valence-electron chi connectivity index (χ1n) is 25.7. The van der Waals surface area contributed by atoms with Crippen LogP contribution in [0.5, 0.6) is 0 Å². The molecule has 2 aliphatic rings. The number of fused-ring (bicyclic) bond motifs is 1. The number of aromatic nitrogens is 2. The second kappa shape index (κ2) is 24.1. The average Bonchev–Trinajstić information content (AvgIpc) is 3.87. The van der Waals surface area contributed by atoms with Gasteiger partial charge in [-0.1, -0.05) is 63.9 Å². The van der Waals surface area contributed by atoms with Crippen LogP contribution in [0.4, 0.5) is 0 Å². The van der Waals surface area contributed by atoms with E-state index in [2.05, 4.69) is 84.3 Å². The number of hydrazine groups is 1. The van der Waals surface area contributed by atoms with E-state index in [1.54, 1.807) is 28.1 Å².